The van der Waals surface area contributed by atoms with Crippen LogP contribution in [0.1, 0.15) is 41.6 Å². The molecule has 11 nitrogen and oxygen atoms in total. The van der Waals surface area contributed by atoms with Crippen LogP contribution in [0.4, 0.5) is 0 Å². The molecule has 0 fully saturated rings. The number of halogens is 1. The van der Waals surface area contributed by atoms with Crippen molar-refractivity contribution in [2.75, 3.05) is 27.9 Å². The summed E-state index contributed by atoms with van der Waals surface area (Å²) >= 11 is 6.50. The van der Waals surface area contributed by atoms with E-state index in [1.807, 2.05) is 6.07 Å². The van der Waals surface area contributed by atoms with Crippen molar-refractivity contribution in [1.29, 1.82) is 5.26 Å². The van der Waals surface area contributed by atoms with E-state index in [0.29, 0.717) is 5.56 Å². The van der Waals surface area contributed by atoms with Gasteiger partial charge in [0.2, 0.25) is 17.3 Å². The van der Waals surface area contributed by atoms with Crippen molar-refractivity contribution in [3.05, 3.63) is 51.7 Å². The Bertz CT molecular complexity index is 1480. The Morgan fingerprint density at radius 1 is 1.18 bits per heavy atom. The van der Waals surface area contributed by atoms with Gasteiger partial charge in [0.1, 0.15) is 28.6 Å². The minimum Gasteiger partial charge on any atom is -0.507 e. The zero-order valence-corrected chi connectivity index (χ0v) is 22.9. The molecule has 4 rings (SSSR count). The summed E-state index contributed by atoms with van der Waals surface area (Å²) in [5.74, 6) is -4.28. The smallest absolute Gasteiger partial charge is 0.231 e. The molecule has 1 aliphatic heterocycles. The number of benzene rings is 2. The van der Waals surface area contributed by atoms with Gasteiger partial charge in [-0.15, -0.1) is 0 Å². The molecule has 3 atom stereocenters. The van der Waals surface area contributed by atoms with Crippen LogP contribution in [0.25, 0.3) is 0 Å². The number of ether oxygens (including phenoxy) is 4. The zero-order chi connectivity index (χ0) is 29.4. The maximum Gasteiger partial charge on any atom is 0.231 e. The number of carbonyl (C=O) groups excluding carboxylic acids is 3. The Hall–Kier alpha value is -4.43. The molecule has 2 aromatic rings. The molecule has 2 aliphatic rings. The van der Waals surface area contributed by atoms with Crippen molar-refractivity contribution in [2.24, 2.45) is 5.92 Å². The van der Waals surface area contributed by atoms with Gasteiger partial charge in [0.15, 0.2) is 28.8 Å². The number of nitrogens with zero attached hydrogens (tertiary/aromatic N) is 1. The van der Waals surface area contributed by atoms with Gasteiger partial charge >= 0.3 is 0 Å². The van der Waals surface area contributed by atoms with E-state index in [0.717, 1.165) is 0 Å². The predicted octanol–water partition coefficient (Wildman–Crippen LogP) is 3.62. The van der Waals surface area contributed by atoms with Crippen LogP contribution in [-0.2, 0) is 9.59 Å². The lowest BCUT2D eigenvalue weighted by Crippen LogP contribution is -2.53. The van der Waals surface area contributed by atoms with Gasteiger partial charge in [-0.25, -0.2) is 0 Å². The van der Waals surface area contributed by atoms with E-state index in [2.05, 4.69) is 5.32 Å². The molecule has 0 aromatic heterocycles. The lowest BCUT2D eigenvalue weighted by atomic mass is 9.69. The second-order valence-electron chi connectivity index (χ2n) is 9.38. The topological polar surface area (TPSA) is 164 Å². The molecule has 1 heterocycles. The predicted molar refractivity (Wildman–Crippen MR) is 141 cm³/mol. The van der Waals surface area contributed by atoms with Crippen molar-refractivity contribution in [3.63, 3.8) is 0 Å². The van der Waals surface area contributed by atoms with Gasteiger partial charge in [0.25, 0.3) is 0 Å². The van der Waals surface area contributed by atoms with Gasteiger partial charge in [0.05, 0.1) is 27.4 Å². The number of hydrogen-bond donors (Lipinski definition) is 3. The molecule has 12 heteroatoms. The first-order valence-electron chi connectivity index (χ1n) is 12.2. The summed E-state index contributed by atoms with van der Waals surface area (Å²) in [7, 11) is 4.06. The molecule has 0 saturated carbocycles. The summed E-state index contributed by atoms with van der Waals surface area (Å²) in [6.07, 6.45) is -0.577. The van der Waals surface area contributed by atoms with Crippen LogP contribution in [0.3, 0.4) is 0 Å². The molecule has 1 aliphatic carbocycles. The molecule has 0 saturated heterocycles. The lowest BCUT2D eigenvalue weighted by Gasteiger charge is -2.38. The lowest BCUT2D eigenvalue weighted by molar-refractivity contribution is -0.121. The van der Waals surface area contributed by atoms with Crippen molar-refractivity contribution >= 4 is 29.1 Å². The van der Waals surface area contributed by atoms with Crippen molar-refractivity contribution in [3.8, 4) is 34.8 Å². The number of Topliss-reactive ketones (excluding diaryl/α,β-unsaturated/α-hetero) is 2. The number of hydrogen-bond acceptors (Lipinski definition) is 10. The van der Waals surface area contributed by atoms with Crippen LogP contribution in [0, 0.1) is 17.2 Å². The van der Waals surface area contributed by atoms with Crippen LogP contribution in [0.15, 0.2) is 35.6 Å². The molecule has 0 radical (unpaired) electrons. The van der Waals surface area contributed by atoms with Crippen LogP contribution in [0.2, 0.25) is 5.02 Å². The standard InChI is InChI=1S/C28H27ClN2O9/c1-13-9-17(33)22(15(11-21(34)31-8-7-30)14-5-6-16(32)18(10-14)37-2)26(35)28(13)27(36)23-19(38-3)12-20(39-4)24(29)25(23)40-28/h5-6,10,12-13,15,32,35H,8-9,11H2,1-4H3,(H,31,34)/t13-,15?,28+/m1/s1. The summed E-state index contributed by atoms with van der Waals surface area (Å²) in [5, 5.41) is 33.2. The molecule has 1 spiro atoms. The van der Waals surface area contributed by atoms with Gasteiger partial charge in [-0.3, -0.25) is 14.4 Å². The highest BCUT2D eigenvalue weighted by Crippen LogP contribution is 2.55. The molecule has 1 unspecified atom stereocenters. The van der Waals surface area contributed by atoms with Gasteiger partial charge in [-0.2, -0.15) is 5.26 Å². The molecular formula is C28H27ClN2O9. The SMILES string of the molecule is COc1cc(C(CC(=O)NCC#N)C2=C(O)[C@@]3(Oc4c(Cl)c(OC)cc(OC)c4C3=O)[C@H](C)CC2=O)ccc1O. The number of amides is 1. The Kier molecular flexibility index (Phi) is 7.84. The molecule has 1 amide bonds. The maximum absolute atomic E-state index is 14.1. The number of allylic oxidation sites excluding steroid dienone is 1. The minimum atomic E-state index is -2.04. The number of aromatic hydroxyl groups is 1. The number of nitrogens with one attached hydrogen (secondary N) is 1. The fourth-order valence-corrected chi connectivity index (χ4v) is 5.50. The highest BCUT2D eigenvalue weighted by atomic mass is 35.5. The maximum atomic E-state index is 14.1. The van der Waals surface area contributed by atoms with E-state index < -0.39 is 40.7 Å². The van der Waals surface area contributed by atoms with Crippen LogP contribution < -0.4 is 24.3 Å². The largest absolute Gasteiger partial charge is 0.507 e. The average molecular weight is 571 g/mol. The molecule has 0 bridgehead atoms. The Balaban J connectivity index is 1.94. The zero-order valence-electron chi connectivity index (χ0n) is 22.2. The number of phenols is 1. The fourth-order valence-electron chi connectivity index (χ4n) is 5.23. The van der Waals surface area contributed by atoms with Crippen LogP contribution in [0.5, 0.6) is 28.7 Å². The highest BCUT2D eigenvalue weighted by molar-refractivity contribution is 6.35. The quantitative estimate of drug-likeness (QED) is 0.399. The number of ketones is 2. The minimum absolute atomic E-state index is 0.0160. The Morgan fingerprint density at radius 3 is 2.48 bits per heavy atom. The van der Waals surface area contributed by atoms with Crippen molar-refractivity contribution < 1.29 is 43.5 Å². The van der Waals surface area contributed by atoms with Gasteiger partial charge in [0, 0.05) is 36.3 Å². The van der Waals surface area contributed by atoms with E-state index >= 15 is 0 Å². The van der Waals surface area contributed by atoms with Gasteiger partial charge in [-0.05, 0) is 17.7 Å². The van der Waals surface area contributed by atoms with Crippen LogP contribution in [-0.4, -0.2) is 61.2 Å². The number of fused-ring (bicyclic) bond motifs is 1. The van der Waals surface area contributed by atoms with Crippen molar-refractivity contribution in [1.82, 2.24) is 5.32 Å². The summed E-state index contributed by atoms with van der Waals surface area (Å²) in [6.45, 7) is 1.31. The summed E-state index contributed by atoms with van der Waals surface area (Å²) in [6, 6.07) is 7.44. The molecule has 2 aromatic carbocycles. The fraction of sp³-hybridized carbons (Fsp3) is 0.357. The van der Waals surface area contributed by atoms with Crippen LogP contribution >= 0.6 is 11.6 Å². The summed E-state index contributed by atoms with van der Waals surface area (Å²) in [5.41, 5.74) is -1.95. The van der Waals surface area contributed by atoms with E-state index in [1.54, 1.807) is 6.92 Å². The average Bonchev–Trinajstić information content (AvgIpc) is 3.25. The monoisotopic (exact) mass is 570 g/mol. The third kappa shape index (κ3) is 4.44. The summed E-state index contributed by atoms with van der Waals surface area (Å²) in [4.78, 5) is 40.4. The molecular weight excluding hydrogens is 544 g/mol. The van der Waals surface area contributed by atoms with Gasteiger partial charge < -0.3 is 34.5 Å². The number of nitriles is 1. The number of phenolic OH excluding ortho intramolecular Hbond substituents is 1. The van der Waals surface area contributed by atoms with Crippen molar-refractivity contribution in [2.45, 2.75) is 31.3 Å². The van der Waals surface area contributed by atoms with E-state index in [-0.39, 0.29) is 64.3 Å². The molecule has 40 heavy (non-hydrogen) atoms. The number of aliphatic hydroxyl groups excluding tert-OH is 1. The Labute approximate surface area is 234 Å². The van der Waals surface area contributed by atoms with E-state index in [4.69, 9.17) is 35.8 Å². The first-order valence-corrected chi connectivity index (χ1v) is 12.6. The van der Waals surface area contributed by atoms with E-state index in [1.165, 1.54) is 45.6 Å². The number of carbonyl (C=O) groups is 3. The number of aliphatic hydroxyl groups is 1. The third-order valence-electron chi connectivity index (χ3n) is 7.22. The second-order valence-corrected chi connectivity index (χ2v) is 9.76. The first-order chi connectivity index (χ1) is 19.0. The third-order valence-corrected chi connectivity index (χ3v) is 7.58. The van der Waals surface area contributed by atoms with E-state index in [9.17, 15) is 24.6 Å². The highest BCUT2D eigenvalue weighted by Gasteiger charge is 2.61. The normalized spacial score (nSPS) is 20.4. The van der Waals surface area contributed by atoms with Gasteiger partial charge in [-0.1, -0.05) is 24.6 Å². The Morgan fingerprint density at radius 2 is 1.85 bits per heavy atom. The molecule has 3 N–H and O–H groups in total. The number of rotatable bonds is 8. The second kappa shape index (κ2) is 11.0. The summed E-state index contributed by atoms with van der Waals surface area (Å²) < 4.78 is 22.1. The molecule has 210 valence electrons. The number of methoxy groups -OCH3 is 3. The first kappa shape index (κ1) is 28.6.